The minimum Gasteiger partial charge on any atom is -0.462 e. The van der Waals surface area contributed by atoms with Gasteiger partial charge in [-0.3, -0.25) is 4.79 Å². The zero-order chi connectivity index (χ0) is 15.9. The minimum absolute atomic E-state index is 0.318. The number of rotatable bonds is 2. The van der Waals surface area contributed by atoms with E-state index in [0.717, 1.165) is 18.8 Å². The molecule has 0 aromatic heterocycles. The van der Waals surface area contributed by atoms with Gasteiger partial charge in [0, 0.05) is 5.69 Å². The van der Waals surface area contributed by atoms with Crippen LogP contribution >= 0.6 is 0 Å². The summed E-state index contributed by atoms with van der Waals surface area (Å²) in [6.07, 6.45) is 2.44. The normalized spacial score (nSPS) is 17.3. The van der Waals surface area contributed by atoms with Crippen molar-refractivity contribution in [3.05, 3.63) is 29.8 Å². The summed E-state index contributed by atoms with van der Waals surface area (Å²) >= 11 is 0. The number of nitrogens with two attached hydrogens (primary N) is 1. The van der Waals surface area contributed by atoms with Gasteiger partial charge in [-0.1, -0.05) is 19.1 Å². The summed E-state index contributed by atoms with van der Waals surface area (Å²) in [5, 5.41) is 3.40. The van der Waals surface area contributed by atoms with Crippen molar-refractivity contribution in [1.82, 2.24) is 5.32 Å². The molecule has 0 amide bonds. The Bertz CT molecular complexity index is 429. The molecule has 1 heterocycles. The van der Waals surface area contributed by atoms with Crippen molar-refractivity contribution in [2.75, 3.05) is 18.8 Å². The first-order valence-electron chi connectivity index (χ1n) is 7.45. The number of nitrogens with one attached hydrogen (secondary N) is 1. The van der Waals surface area contributed by atoms with Gasteiger partial charge in [0.1, 0.15) is 5.60 Å². The van der Waals surface area contributed by atoms with Crippen LogP contribution in [0.25, 0.3) is 0 Å². The quantitative estimate of drug-likeness (QED) is 0.650. The fourth-order valence-electron chi connectivity index (χ4n) is 2.30. The minimum atomic E-state index is -0.318. The van der Waals surface area contributed by atoms with E-state index < -0.39 is 0 Å². The molecule has 21 heavy (non-hydrogen) atoms. The van der Waals surface area contributed by atoms with Crippen molar-refractivity contribution < 1.29 is 9.53 Å². The molecule has 0 saturated carbocycles. The molecule has 0 bridgehead atoms. The number of carbonyl (C=O) groups is 1. The van der Waals surface area contributed by atoms with Gasteiger partial charge in [-0.25, -0.2) is 0 Å². The Labute approximate surface area is 128 Å². The molecule has 1 saturated heterocycles. The van der Waals surface area contributed by atoms with Crippen molar-refractivity contribution in [3.63, 3.8) is 0 Å². The predicted octanol–water partition coefficient (Wildman–Crippen LogP) is 2.87. The number of carbonyl (C=O) groups excluding carboxylic acids is 1. The third-order valence-corrected chi connectivity index (χ3v) is 3.72. The second kappa shape index (κ2) is 7.46. The summed E-state index contributed by atoms with van der Waals surface area (Å²) in [4.78, 5) is 9.60. The van der Waals surface area contributed by atoms with Crippen LogP contribution in [-0.4, -0.2) is 25.2 Å². The highest BCUT2D eigenvalue weighted by Crippen LogP contribution is 2.32. The summed E-state index contributed by atoms with van der Waals surface area (Å²) < 4.78 is 4.55. The van der Waals surface area contributed by atoms with Gasteiger partial charge in [-0.2, -0.15) is 0 Å². The smallest absolute Gasteiger partial charge is 0.293 e. The number of hydrogen-bond donors (Lipinski definition) is 2. The summed E-state index contributed by atoms with van der Waals surface area (Å²) in [6.45, 7) is 10.5. The fraction of sp³-hybridized carbons (Fsp3) is 0.588. The number of benzene rings is 1. The number of ether oxygens (including phenoxy) is 1. The maximum absolute atomic E-state index is 9.60. The Morgan fingerprint density at radius 3 is 2.10 bits per heavy atom. The third kappa shape index (κ3) is 6.17. The zero-order valence-electron chi connectivity index (χ0n) is 13.6. The molecule has 0 spiro atoms. The average Bonchev–Trinajstić information content (AvgIpc) is 2.39. The molecule has 0 aliphatic carbocycles. The van der Waals surface area contributed by atoms with E-state index in [4.69, 9.17) is 5.73 Å². The highest BCUT2D eigenvalue weighted by molar-refractivity contribution is 5.41. The molecule has 0 radical (unpaired) electrons. The molecule has 118 valence electrons. The van der Waals surface area contributed by atoms with Gasteiger partial charge < -0.3 is 15.8 Å². The molecule has 1 aromatic rings. The van der Waals surface area contributed by atoms with E-state index in [1.807, 2.05) is 32.9 Å². The second-order valence-electron chi connectivity index (χ2n) is 6.76. The van der Waals surface area contributed by atoms with Crippen LogP contribution in [-0.2, 0) is 14.9 Å². The molecule has 3 N–H and O–H groups in total. The molecule has 1 aliphatic rings. The Balaban J connectivity index is 0.000000270. The zero-order valence-corrected chi connectivity index (χ0v) is 13.6. The molecule has 4 nitrogen and oxygen atoms in total. The highest BCUT2D eigenvalue weighted by atomic mass is 16.5. The van der Waals surface area contributed by atoms with E-state index in [2.05, 4.69) is 29.1 Å². The van der Waals surface area contributed by atoms with Gasteiger partial charge in [0.15, 0.2) is 0 Å². The lowest BCUT2D eigenvalue weighted by Gasteiger charge is -2.34. The van der Waals surface area contributed by atoms with Gasteiger partial charge in [0.25, 0.3) is 6.47 Å². The van der Waals surface area contributed by atoms with Gasteiger partial charge in [0.05, 0.1) is 0 Å². The van der Waals surface area contributed by atoms with Crippen LogP contribution in [0.5, 0.6) is 0 Å². The van der Waals surface area contributed by atoms with E-state index in [1.165, 1.54) is 18.4 Å². The summed E-state index contributed by atoms with van der Waals surface area (Å²) in [6, 6.07) is 8.34. The SMILES string of the molecule is CC(C)(C)OC=O.CC1(c2ccc(N)cc2)CCNCC1. The van der Waals surface area contributed by atoms with Crippen molar-refractivity contribution in [2.45, 2.75) is 51.6 Å². The van der Waals surface area contributed by atoms with Crippen molar-refractivity contribution >= 4 is 12.2 Å². The average molecular weight is 292 g/mol. The summed E-state index contributed by atoms with van der Waals surface area (Å²) in [5.41, 5.74) is 7.99. The van der Waals surface area contributed by atoms with Crippen LogP contribution in [0, 0.1) is 0 Å². The molecule has 1 aliphatic heterocycles. The van der Waals surface area contributed by atoms with Crippen LogP contribution in [0.3, 0.4) is 0 Å². The van der Waals surface area contributed by atoms with Gasteiger partial charge in [0.2, 0.25) is 0 Å². The largest absolute Gasteiger partial charge is 0.462 e. The maximum atomic E-state index is 9.60. The molecule has 1 fully saturated rings. The number of hydrogen-bond acceptors (Lipinski definition) is 4. The fourth-order valence-corrected chi connectivity index (χ4v) is 2.30. The number of anilines is 1. The first-order chi connectivity index (χ1) is 9.77. The topological polar surface area (TPSA) is 64.3 Å². The monoisotopic (exact) mass is 292 g/mol. The Hall–Kier alpha value is -1.55. The highest BCUT2D eigenvalue weighted by Gasteiger charge is 2.28. The molecule has 0 atom stereocenters. The third-order valence-electron chi connectivity index (χ3n) is 3.72. The van der Waals surface area contributed by atoms with Crippen molar-refractivity contribution in [2.24, 2.45) is 0 Å². The van der Waals surface area contributed by atoms with Crippen LogP contribution in [0.2, 0.25) is 0 Å². The van der Waals surface area contributed by atoms with Crippen molar-refractivity contribution in [1.29, 1.82) is 0 Å². The van der Waals surface area contributed by atoms with Gasteiger partial charge in [-0.05, 0) is 69.8 Å². The van der Waals surface area contributed by atoms with Crippen LogP contribution in [0.1, 0.15) is 46.1 Å². The van der Waals surface area contributed by atoms with Gasteiger partial charge in [-0.15, -0.1) is 0 Å². The first kappa shape index (κ1) is 17.5. The van der Waals surface area contributed by atoms with E-state index in [9.17, 15) is 4.79 Å². The lowest BCUT2D eigenvalue weighted by Crippen LogP contribution is -2.37. The summed E-state index contributed by atoms with van der Waals surface area (Å²) in [7, 11) is 0. The van der Waals surface area contributed by atoms with Gasteiger partial charge >= 0.3 is 0 Å². The first-order valence-corrected chi connectivity index (χ1v) is 7.45. The lowest BCUT2D eigenvalue weighted by molar-refractivity contribution is -0.138. The predicted molar refractivity (Wildman–Crippen MR) is 87.2 cm³/mol. The van der Waals surface area contributed by atoms with Crippen LogP contribution in [0.15, 0.2) is 24.3 Å². The van der Waals surface area contributed by atoms with E-state index in [1.54, 1.807) is 0 Å². The van der Waals surface area contributed by atoms with E-state index >= 15 is 0 Å². The van der Waals surface area contributed by atoms with E-state index in [0.29, 0.717) is 11.9 Å². The van der Waals surface area contributed by atoms with Crippen LogP contribution in [0.4, 0.5) is 5.69 Å². The lowest BCUT2D eigenvalue weighted by atomic mass is 9.75. The van der Waals surface area contributed by atoms with Crippen LogP contribution < -0.4 is 11.1 Å². The number of nitrogen functional groups attached to an aromatic ring is 1. The van der Waals surface area contributed by atoms with Crippen molar-refractivity contribution in [3.8, 4) is 0 Å². The molecular formula is C17H28N2O2. The molecule has 0 unspecified atom stereocenters. The second-order valence-corrected chi connectivity index (χ2v) is 6.76. The Morgan fingerprint density at radius 1 is 1.19 bits per heavy atom. The summed E-state index contributed by atoms with van der Waals surface area (Å²) in [5.74, 6) is 0. The molecule has 4 heteroatoms. The Morgan fingerprint density at radius 2 is 1.71 bits per heavy atom. The maximum Gasteiger partial charge on any atom is 0.293 e. The number of piperidine rings is 1. The standard InChI is InChI=1S/C12H18N2.C5H10O2/c1-12(6-8-14-9-7-12)10-2-4-11(13)5-3-10;1-5(2,3)7-4-6/h2-5,14H,6-9,13H2,1H3;4H,1-3H3. The molecule has 1 aromatic carbocycles. The van der Waals surface area contributed by atoms with E-state index in [-0.39, 0.29) is 5.60 Å². The Kier molecular flexibility index (Phi) is 6.21. The molecular weight excluding hydrogens is 264 g/mol. The molecule has 2 rings (SSSR count).